The van der Waals surface area contributed by atoms with Gasteiger partial charge in [-0.25, -0.2) is 18.4 Å². The van der Waals surface area contributed by atoms with Crippen LogP contribution in [0.25, 0.3) is 0 Å². The zero-order valence-corrected chi connectivity index (χ0v) is 21.8. The average molecular weight is 511 g/mol. The zero-order valence-electron chi connectivity index (χ0n) is 21.0. The summed E-state index contributed by atoms with van der Waals surface area (Å²) >= 11 is 0. The first kappa shape index (κ1) is 25.2. The number of rotatable bonds is 10. The summed E-state index contributed by atoms with van der Waals surface area (Å²) in [4.78, 5) is 17.5. The Morgan fingerprint density at radius 2 is 1.47 bits per heavy atom. The van der Waals surface area contributed by atoms with Gasteiger partial charge in [0.25, 0.3) is 0 Å². The third kappa shape index (κ3) is 6.25. The first-order valence-corrected chi connectivity index (χ1v) is 14.8. The van der Waals surface area contributed by atoms with Gasteiger partial charge >= 0.3 is 0 Å². The molecule has 0 unspecified atom stereocenters. The molecule has 1 saturated carbocycles. The summed E-state index contributed by atoms with van der Waals surface area (Å²) in [5.41, 5.74) is 1.20. The number of likely N-dealkylation sites (tertiary alicyclic amines) is 1. The Kier molecular flexibility index (Phi) is 8.19. The quantitative estimate of drug-likeness (QED) is 0.418. The SMILES string of the molecule is O=S(=O)(c1ccc(CCC2CCC(N3CCCCC3)CC2)cc1)N(Cc1ncc[nH]1)Cc1ncc[nH]1. The van der Waals surface area contributed by atoms with Crippen molar-refractivity contribution in [3.8, 4) is 0 Å². The average Bonchev–Trinajstić information content (AvgIpc) is 3.63. The van der Waals surface area contributed by atoms with Crippen LogP contribution in [0.5, 0.6) is 0 Å². The lowest BCUT2D eigenvalue weighted by molar-refractivity contribution is 0.113. The molecule has 2 N–H and O–H groups in total. The number of aromatic nitrogens is 4. The van der Waals surface area contributed by atoms with Crippen LogP contribution in [0.15, 0.2) is 53.9 Å². The summed E-state index contributed by atoms with van der Waals surface area (Å²) in [6.07, 6.45) is 18.3. The number of hydrogen-bond acceptors (Lipinski definition) is 5. The van der Waals surface area contributed by atoms with Crippen LogP contribution in [-0.2, 0) is 29.5 Å². The topological polar surface area (TPSA) is 98.0 Å². The van der Waals surface area contributed by atoms with Gasteiger partial charge in [-0.2, -0.15) is 4.31 Å². The summed E-state index contributed by atoms with van der Waals surface area (Å²) in [5, 5.41) is 0. The van der Waals surface area contributed by atoms with E-state index in [1.165, 1.54) is 74.3 Å². The van der Waals surface area contributed by atoms with Gasteiger partial charge in [-0.05, 0) is 88.1 Å². The van der Waals surface area contributed by atoms with Crippen molar-refractivity contribution in [1.82, 2.24) is 29.1 Å². The van der Waals surface area contributed by atoms with Gasteiger partial charge in [-0.3, -0.25) is 0 Å². The fourth-order valence-electron chi connectivity index (χ4n) is 5.76. The van der Waals surface area contributed by atoms with Gasteiger partial charge in [0, 0.05) is 30.8 Å². The van der Waals surface area contributed by atoms with Crippen LogP contribution in [0.3, 0.4) is 0 Å². The van der Waals surface area contributed by atoms with E-state index in [0.29, 0.717) is 16.5 Å². The number of aryl methyl sites for hydroxylation is 1. The maximum Gasteiger partial charge on any atom is 0.243 e. The second kappa shape index (κ2) is 11.7. The van der Waals surface area contributed by atoms with Gasteiger partial charge in [0.15, 0.2) is 0 Å². The molecule has 2 fully saturated rings. The highest BCUT2D eigenvalue weighted by Gasteiger charge is 2.28. The smallest absolute Gasteiger partial charge is 0.243 e. The highest BCUT2D eigenvalue weighted by Crippen LogP contribution is 2.32. The van der Waals surface area contributed by atoms with Crippen molar-refractivity contribution in [2.45, 2.75) is 81.8 Å². The predicted octanol–water partition coefficient (Wildman–Crippen LogP) is 4.50. The highest BCUT2D eigenvalue weighted by molar-refractivity contribution is 7.89. The molecule has 0 radical (unpaired) electrons. The van der Waals surface area contributed by atoms with Gasteiger partial charge in [0.2, 0.25) is 10.0 Å². The molecule has 2 aliphatic rings. The zero-order chi connectivity index (χ0) is 24.8. The predicted molar refractivity (Wildman–Crippen MR) is 140 cm³/mol. The van der Waals surface area contributed by atoms with E-state index in [1.54, 1.807) is 36.9 Å². The molecule has 0 atom stereocenters. The molecule has 0 bridgehead atoms. The third-order valence-electron chi connectivity index (χ3n) is 7.89. The number of piperidine rings is 1. The molecule has 1 aromatic carbocycles. The van der Waals surface area contributed by atoms with E-state index in [2.05, 4.69) is 24.8 Å². The molecule has 9 heteroatoms. The molecular weight excluding hydrogens is 472 g/mol. The largest absolute Gasteiger partial charge is 0.347 e. The normalized spacial score (nSPS) is 21.7. The van der Waals surface area contributed by atoms with Crippen LogP contribution in [0.4, 0.5) is 0 Å². The minimum Gasteiger partial charge on any atom is -0.347 e. The first-order chi connectivity index (χ1) is 17.6. The Labute approximate surface area is 214 Å². The Bertz CT molecular complexity index is 1110. The molecule has 0 spiro atoms. The molecule has 1 aliphatic carbocycles. The van der Waals surface area contributed by atoms with E-state index in [1.807, 2.05) is 12.1 Å². The third-order valence-corrected chi connectivity index (χ3v) is 9.69. The summed E-state index contributed by atoms with van der Waals surface area (Å²) in [6, 6.07) is 8.25. The van der Waals surface area contributed by atoms with Crippen LogP contribution < -0.4 is 0 Å². The van der Waals surface area contributed by atoms with Crippen LogP contribution in [0.2, 0.25) is 0 Å². The standard InChI is InChI=1S/C27H38N6O2S/c34-36(35,33(20-26-28-14-15-29-26)21-27-30-16-17-31-27)25-12-8-23(9-13-25)5-4-22-6-10-24(11-7-22)32-18-2-1-3-19-32/h8-9,12-17,22,24H,1-7,10-11,18-21H2,(H,28,29)(H,30,31). The molecule has 8 nitrogen and oxygen atoms in total. The van der Waals surface area contributed by atoms with Crippen molar-refractivity contribution in [3.63, 3.8) is 0 Å². The van der Waals surface area contributed by atoms with E-state index in [4.69, 9.17) is 0 Å². The monoisotopic (exact) mass is 510 g/mol. The van der Waals surface area contributed by atoms with Crippen molar-refractivity contribution in [1.29, 1.82) is 0 Å². The van der Waals surface area contributed by atoms with Gasteiger partial charge in [0.05, 0.1) is 18.0 Å². The Hall–Kier alpha value is -2.49. The van der Waals surface area contributed by atoms with Crippen LogP contribution in [-0.4, -0.2) is 56.7 Å². The summed E-state index contributed by atoms with van der Waals surface area (Å²) < 4.78 is 28.4. The van der Waals surface area contributed by atoms with Gasteiger partial charge in [-0.1, -0.05) is 18.6 Å². The Morgan fingerprint density at radius 1 is 0.861 bits per heavy atom. The number of hydrogen-bond donors (Lipinski definition) is 2. The van der Waals surface area contributed by atoms with E-state index in [0.717, 1.165) is 18.4 Å². The number of H-pyrrole nitrogens is 2. The number of nitrogens with one attached hydrogen (secondary N) is 2. The van der Waals surface area contributed by atoms with Crippen LogP contribution in [0.1, 0.15) is 68.6 Å². The van der Waals surface area contributed by atoms with E-state index < -0.39 is 10.0 Å². The molecule has 5 rings (SSSR count). The van der Waals surface area contributed by atoms with Crippen molar-refractivity contribution in [3.05, 3.63) is 66.3 Å². The van der Waals surface area contributed by atoms with Gasteiger partial charge < -0.3 is 14.9 Å². The van der Waals surface area contributed by atoms with Crippen molar-refractivity contribution < 1.29 is 8.42 Å². The summed E-state index contributed by atoms with van der Waals surface area (Å²) in [5.74, 6) is 1.97. The van der Waals surface area contributed by atoms with Crippen molar-refractivity contribution >= 4 is 10.0 Å². The summed E-state index contributed by atoms with van der Waals surface area (Å²) in [6.45, 7) is 2.89. The van der Waals surface area contributed by atoms with Gasteiger partial charge in [0.1, 0.15) is 11.6 Å². The second-order valence-corrected chi connectivity index (χ2v) is 12.2. The maximum absolute atomic E-state index is 13.5. The molecule has 36 heavy (non-hydrogen) atoms. The number of nitrogens with zero attached hydrogens (tertiary/aromatic N) is 4. The lowest BCUT2D eigenvalue weighted by Gasteiger charge is -2.39. The van der Waals surface area contributed by atoms with Crippen LogP contribution >= 0.6 is 0 Å². The van der Waals surface area contributed by atoms with Crippen LogP contribution in [0, 0.1) is 5.92 Å². The fourth-order valence-corrected chi connectivity index (χ4v) is 7.12. The minimum absolute atomic E-state index is 0.151. The van der Waals surface area contributed by atoms with E-state index in [-0.39, 0.29) is 13.1 Å². The fraction of sp³-hybridized carbons (Fsp3) is 0.556. The summed E-state index contributed by atoms with van der Waals surface area (Å²) in [7, 11) is -3.71. The van der Waals surface area contributed by atoms with E-state index >= 15 is 0 Å². The lowest BCUT2D eigenvalue weighted by atomic mass is 9.82. The second-order valence-electron chi connectivity index (χ2n) is 10.3. The molecule has 2 aromatic heterocycles. The lowest BCUT2D eigenvalue weighted by Crippen LogP contribution is -2.41. The molecular formula is C27H38N6O2S. The Morgan fingerprint density at radius 3 is 2.03 bits per heavy atom. The van der Waals surface area contributed by atoms with Crippen molar-refractivity contribution in [2.24, 2.45) is 5.92 Å². The minimum atomic E-state index is -3.71. The first-order valence-electron chi connectivity index (χ1n) is 13.4. The number of aromatic amines is 2. The number of sulfonamides is 1. The highest BCUT2D eigenvalue weighted by atomic mass is 32.2. The van der Waals surface area contributed by atoms with Crippen molar-refractivity contribution in [2.75, 3.05) is 13.1 Å². The van der Waals surface area contributed by atoms with Gasteiger partial charge in [-0.15, -0.1) is 0 Å². The number of benzene rings is 1. The molecule has 194 valence electrons. The molecule has 3 heterocycles. The molecule has 1 saturated heterocycles. The molecule has 1 aliphatic heterocycles. The number of imidazole rings is 2. The Balaban J connectivity index is 1.17. The maximum atomic E-state index is 13.5. The molecule has 3 aromatic rings. The molecule has 0 amide bonds. The van der Waals surface area contributed by atoms with E-state index in [9.17, 15) is 8.42 Å².